The zero-order valence-electron chi connectivity index (χ0n) is 21.5. The van der Waals surface area contributed by atoms with E-state index in [0.29, 0.717) is 30.5 Å². The van der Waals surface area contributed by atoms with E-state index in [1.165, 1.54) is 6.34 Å². The van der Waals surface area contributed by atoms with Gasteiger partial charge in [-0.25, -0.2) is 4.98 Å². The summed E-state index contributed by atoms with van der Waals surface area (Å²) in [6.45, 7) is 4.75. The van der Waals surface area contributed by atoms with Crippen LogP contribution in [0.25, 0.3) is 22.2 Å². The van der Waals surface area contributed by atoms with E-state index >= 15 is 0 Å². The number of ether oxygens (including phenoxy) is 1. The smallest absolute Gasteiger partial charge is 0.278 e. The molecule has 4 aromatic rings. The van der Waals surface area contributed by atoms with Crippen LogP contribution in [0, 0.1) is 6.92 Å². The van der Waals surface area contributed by atoms with E-state index in [0.717, 1.165) is 46.6 Å². The third kappa shape index (κ3) is 5.44. The molecular formula is C27H30N8O2. The Kier molecular flexibility index (Phi) is 6.82. The number of anilines is 3. The van der Waals surface area contributed by atoms with Crippen molar-refractivity contribution < 1.29 is 9.53 Å². The van der Waals surface area contributed by atoms with Gasteiger partial charge in [-0.15, -0.1) is 0 Å². The number of morpholine rings is 1. The fourth-order valence-electron chi connectivity index (χ4n) is 4.24. The van der Waals surface area contributed by atoms with Gasteiger partial charge in [-0.3, -0.25) is 9.48 Å². The normalized spacial score (nSPS) is 13.9. The number of amides is 1. The average Bonchev–Trinajstić information content (AvgIpc) is 3.20. The molecule has 3 heterocycles. The molecule has 1 fully saturated rings. The highest BCUT2D eigenvalue weighted by molar-refractivity contribution is 5.99. The Balaban J connectivity index is 1.47. The summed E-state index contributed by atoms with van der Waals surface area (Å²) < 4.78 is 7.42. The van der Waals surface area contributed by atoms with Crippen LogP contribution in [0.1, 0.15) is 16.1 Å². The van der Waals surface area contributed by atoms with Gasteiger partial charge in [0.15, 0.2) is 0 Å². The van der Waals surface area contributed by atoms with Crippen molar-refractivity contribution in [1.82, 2.24) is 24.6 Å². The minimum absolute atomic E-state index is 0.292. The summed E-state index contributed by atoms with van der Waals surface area (Å²) in [5, 5.41) is 9.04. The number of rotatable bonds is 6. The highest BCUT2D eigenvalue weighted by Gasteiger charge is 2.17. The number of hydrogen-bond donors (Lipinski definition) is 1. The summed E-state index contributed by atoms with van der Waals surface area (Å²) in [6, 6.07) is 15.4. The molecule has 0 radical (unpaired) electrons. The fourth-order valence-corrected chi connectivity index (χ4v) is 4.24. The number of aromatic nitrogens is 4. The molecule has 10 nitrogen and oxygen atoms in total. The molecule has 1 N–H and O–H groups in total. The second kappa shape index (κ2) is 10.4. The Morgan fingerprint density at radius 1 is 1.08 bits per heavy atom. The number of carbonyl (C=O) groups is 1. The molecule has 1 amide bonds. The van der Waals surface area contributed by atoms with Crippen LogP contribution in [-0.2, 0) is 11.8 Å². The number of carbonyl (C=O) groups excluding carboxylic acids is 1. The minimum Gasteiger partial charge on any atom is -0.378 e. The number of aryl methyl sites for hydroxylation is 2. The number of nitrogens with zero attached hydrogens (tertiary/aromatic N) is 7. The van der Waals surface area contributed by atoms with Gasteiger partial charge in [0.05, 0.1) is 36.5 Å². The molecule has 0 saturated carbocycles. The zero-order chi connectivity index (χ0) is 25.9. The van der Waals surface area contributed by atoms with Crippen LogP contribution >= 0.6 is 0 Å². The van der Waals surface area contributed by atoms with Crippen molar-refractivity contribution >= 4 is 40.6 Å². The monoisotopic (exact) mass is 498 g/mol. The van der Waals surface area contributed by atoms with Crippen LogP contribution in [0.2, 0.25) is 0 Å². The van der Waals surface area contributed by atoms with E-state index < -0.39 is 0 Å². The van der Waals surface area contributed by atoms with E-state index in [1.54, 1.807) is 17.0 Å². The molecule has 2 aromatic carbocycles. The second-order valence-corrected chi connectivity index (χ2v) is 9.19. The molecule has 0 aliphatic carbocycles. The Morgan fingerprint density at radius 3 is 2.57 bits per heavy atom. The molecule has 1 saturated heterocycles. The van der Waals surface area contributed by atoms with Gasteiger partial charge in [-0.05, 0) is 37.3 Å². The van der Waals surface area contributed by atoms with E-state index in [-0.39, 0.29) is 5.91 Å². The molecule has 0 spiro atoms. The molecule has 2 aromatic heterocycles. The lowest BCUT2D eigenvalue weighted by atomic mass is 10.1. The third-order valence-corrected chi connectivity index (χ3v) is 6.15. The van der Waals surface area contributed by atoms with Crippen LogP contribution < -0.4 is 10.2 Å². The molecule has 37 heavy (non-hydrogen) atoms. The van der Waals surface area contributed by atoms with Gasteiger partial charge in [0.25, 0.3) is 5.91 Å². The van der Waals surface area contributed by atoms with Crippen LogP contribution in [0.4, 0.5) is 17.5 Å². The Morgan fingerprint density at radius 2 is 1.84 bits per heavy atom. The quantitative estimate of drug-likeness (QED) is 0.318. The van der Waals surface area contributed by atoms with Crippen molar-refractivity contribution in [3.8, 4) is 11.3 Å². The second-order valence-electron chi connectivity index (χ2n) is 9.19. The molecule has 0 bridgehead atoms. The van der Waals surface area contributed by atoms with Crippen molar-refractivity contribution in [3.05, 3.63) is 59.8 Å². The fraction of sp³-hybridized carbons (Fsp3) is 0.296. The summed E-state index contributed by atoms with van der Waals surface area (Å²) in [5.41, 5.74) is 5.16. The topological polar surface area (TPSA) is 101 Å². The van der Waals surface area contributed by atoms with Gasteiger partial charge < -0.3 is 19.9 Å². The van der Waals surface area contributed by atoms with Gasteiger partial charge in [0.1, 0.15) is 5.82 Å². The van der Waals surface area contributed by atoms with Gasteiger partial charge in [0, 0.05) is 62.5 Å². The maximum Gasteiger partial charge on any atom is 0.278 e. The molecular weight excluding hydrogens is 468 g/mol. The number of benzene rings is 2. The molecule has 5 rings (SSSR count). The van der Waals surface area contributed by atoms with Crippen LogP contribution in [0.5, 0.6) is 0 Å². The first-order valence-electron chi connectivity index (χ1n) is 12.1. The predicted molar refractivity (Wildman–Crippen MR) is 146 cm³/mol. The number of nitrogens with one attached hydrogen (secondary N) is 1. The Labute approximate surface area is 215 Å². The van der Waals surface area contributed by atoms with Gasteiger partial charge in [-0.2, -0.15) is 15.1 Å². The van der Waals surface area contributed by atoms with Crippen molar-refractivity contribution in [3.63, 3.8) is 0 Å². The first-order valence-corrected chi connectivity index (χ1v) is 12.1. The molecule has 0 atom stereocenters. The van der Waals surface area contributed by atoms with Crippen LogP contribution in [0.15, 0.2) is 53.5 Å². The first kappa shape index (κ1) is 24.4. The van der Waals surface area contributed by atoms with Gasteiger partial charge >= 0.3 is 0 Å². The number of fused-ring (bicyclic) bond motifs is 1. The molecule has 0 unspecified atom stereocenters. The largest absolute Gasteiger partial charge is 0.378 e. The first-order chi connectivity index (χ1) is 17.9. The lowest BCUT2D eigenvalue weighted by molar-refractivity contribution is 0.100. The number of hydrogen-bond acceptors (Lipinski definition) is 7. The van der Waals surface area contributed by atoms with Gasteiger partial charge in [0.2, 0.25) is 5.95 Å². The van der Waals surface area contributed by atoms with Crippen molar-refractivity contribution in [2.24, 2.45) is 12.0 Å². The summed E-state index contributed by atoms with van der Waals surface area (Å²) in [7, 11) is 5.59. The highest BCUT2D eigenvalue weighted by atomic mass is 16.5. The highest BCUT2D eigenvalue weighted by Crippen LogP contribution is 2.29. The maximum atomic E-state index is 12.3. The Hall–Kier alpha value is -4.31. The van der Waals surface area contributed by atoms with Gasteiger partial charge in [-0.1, -0.05) is 12.1 Å². The van der Waals surface area contributed by atoms with Crippen molar-refractivity contribution in [1.29, 1.82) is 0 Å². The molecule has 190 valence electrons. The summed E-state index contributed by atoms with van der Waals surface area (Å²) in [4.78, 5) is 29.8. The lowest BCUT2D eigenvalue weighted by Crippen LogP contribution is -2.37. The summed E-state index contributed by atoms with van der Waals surface area (Å²) in [5.74, 6) is 1.02. The van der Waals surface area contributed by atoms with Crippen molar-refractivity contribution in [2.45, 2.75) is 6.92 Å². The summed E-state index contributed by atoms with van der Waals surface area (Å²) >= 11 is 0. The van der Waals surface area contributed by atoms with E-state index in [2.05, 4.69) is 38.5 Å². The Bertz CT molecular complexity index is 1450. The zero-order valence-corrected chi connectivity index (χ0v) is 21.5. The average molecular weight is 499 g/mol. The molecule has 10 heteroatoms. The predicted octanol–water partition coefficient (Wildman–Crippen LogP) is 3.65. The lowest BCUT2D eigenvalue weighted by Gasteiger charge is -2.27. The van der Waals surface area contributed by atoms with Crippen molar-refractivity contribution in [2.75, 3.05) is 50.6 Å². The molecule has 1 aliphatic heterocycles. The summed E-state index contributed by atoms with van der Waals surface area (Å²) in [6.07, 6.45) is 1.49. The van der Waals surface area contributed by atoms with E-state index in [4.69, 9.17) is 14.7 Å². The van der Waals surface area contributed by atoms with E-state index in [9.17, 15) is 4.79 Å². The van der Waals surface area contributed by atoms with Crippen LogP contribution in [-0.4, -0.2) is 77.3 Å². The maximum absolute atomic E-state index is 12.3. The minimum atomic E-state index is -0.292. The third-order valence-electron chi connectivity index (χ3n) is 6.15. The standard InChI is InChI=1S/C27H30N8O2/c1-18-22-10-7-20(15-24(22)34(4)32-18)23-16-25(31-27(30-23)35-11-13-37-14-12-35)29-21-8-5-19(6-9-21)26(36)28-17-33(2)3/h5-10,15-17H,11-14H2,1-4H3,(H,29,30,31)/b28-17+. The SMILES string of the molecule is Cc1nn(C)c2cc(-c3cc(Nc4ccc(C(=O)/N=C/N(C)C)cc4)nc(N4CCOCC4)n3)ccc12. The molecule has 1 aliphatic rings. The van der Waals surface area contributed by atoms with E-state index in [1.807, 2.05) is 50.9 Å². The van der Waals surface area contributed by atoms with Crippen LogP contribution in [0.3, 0.4) is 0 Å². The number of aliphatic imine (C=N–C) groups is 1.